The highest BCUT2D eigenvalue weighted by atomic mass is 35.5. The van der Waals surface area contributed by atoms with Gasteiger partial charge in [0.25, 0.3) is 0 Å². The summed E-state index contributed by atoms with van der Waals surface area (Å²) in [6, 6.07) is 3.31. The molecule has 0 N–H and O–H groups in total. The molecular formula is C13H15ClN2. The number of halogens is 1. The third-order valence-electron chi connectivity index (χ3n) is 3.87. The number of rotatable bonds is 1. The molecule has 2 aliphatic heterocycles. The van der Waals surface area contributed by atoms with Gasteiger partial charge in [0.15, 0.2) is 0 Å². The van der Waals surface area contributed by atoms with E-state index in [1.54, 1.807) is 6.20 Å². The van der Waals surface area contributed by atoms with Crippen LogP contribution in [0.3, 0.4) is 0 Å². The summed E-state index contributed by atoms with van der Waals surface area (Å²) in [6.07, 6.45) is 10.8. The summed E-state index contributed by atoms with van der Waals surface area (Å²) in [6.45, 7) is 0. The molecule has 84 valence electrons. The van der Waals surface area contributed by atoms with Crippen LogP contribution in [0.15, 0.2) is 30.6 Å². The first-order chi connectivity index (χ1) is 7.75. The minimum absolute atomic E-state index is 0.454. The van der Waals surface area contributed by atoms with Gasteiger partial charge in [0.1, 0.15) is 0 Å². The maximum atomic E-state index is 6.00. The lowest BCUT2D eigenvalue weighted by Gasteiger charge is -2.33. The summed E-state index contributed by atoms with van der Waals surface area (Å²) >= 11 is 6.00. The number of likely N-dealkylation sites (N-methyl/N-ethyl adjacent to an activating group) is 1. The lowest BCUT2D eigenvalue weighted by molar-refractivity contribution is 0.241. The molecule has 3 atom stereocenters. The molecule has 0 aliphatic carbocycles. The van der Waals surface area contributed by atoms with Crippen molar-refractivity contribution in [2.24, 2.45) is 0 Å². The number of fused-ring (bicyclic) bond motifs is 2. The van der Waals surface area contributed by atoms with Gasteiger partial charge in [-0.05, 0) is 31.5 Å². The average molecular weight is 235 g/mol. The minimum atomic E-state index is 0.454. The third kappa shape index (κ3) is 1.57. The molecule has 0 saturated carbocycles. The Labute approximate surface area is 101 Å². The van der Waals surface area contributed by atoms with Gasteiger partial charge in [-0.1, -0.05) is 23.8 Å². The second-order valence-corrected chi connectivity index (χ2v) is 5.16. The van der Waals surface area contributed by atoms with Gasteiger partial charge < -0.3 is 0 Å². The lowest BCUT2D eigenvalue weighted by atomic mass is 9.90. The van der Waals surface area contributed by atoms with Crippen LogP contribution in [0.1, 0.15) is 24.3 Å². The van der Waals surface area contributed by atoms with Crippen LogP contribution >= 0.6 is 11.6 Å². The molecule has 0 aromatic carbocycles. The predicted molar refractivity (Wildman–Crippen MR) is 65.7 cm³/mol. The monoisotopic (exact) mass is 234 g/mol. The van der Waals surface area contributed by atoms with Crippen molar-refractivity contribution in [1.29, 1.82) is 0 Å². The van der Waals surface area contributed by atoms with Gasteiger partial charge in [-0.3, -0.25) is 9.88 Å². The van der Waals surface area contributed by atoms with Crippen LogP contribution in [0.4, 0.5) is 0 Å². The van der Waals surface area contributed by atoms with Crippen LogP contribution in [0.5, 0.6) is 0 Å². The van der Waals surface area contributed by atoms with Crippen molar-refractivity contribution in [2.75, 3.05) is 7.05 Å². The number of nitrogens with zero attached hydrogens (tertiary/aromatic N) is 2. The summed E-state index contributed by atoms with van der Waals surface area (Å²) < 4.78 is 0. The van der Waals surface area contributed by atoms with Crippen molar-refractivity contribution in [2.45, 2.75) is 30.8 Å². The van der Waals surface area contributed by atoms with E-state index in [0.29, 0.717) is 18.0 Å². The van der Waals surface area contributed by atoms with Crippen LogP contribution in [0, 0.1) is 0 Å². The standard InChI is InChI=1S/C13H15ClN2/c1-16-11-2-4-12(13(16)5-3-11)9-6-10(14)8-15-7-9/h2,4,6-8,11-13H,3,5H2,1H3. The van der Waals surface area contributed by atoms with Crippen LogP contribution in [-0.2, 0) is 0 Å². The number of hydrogen-bond donors (Lipinski definition) is 0. The Morgan fingerprint density at radius 1 is 1.31 bits per heavy atom. The van der Waals surface area contributed by atoms with Crippen LogP contribution in [0.2, 0.25) is 5.02 Å². The van der Waals surface area contributed by atoms with Crippen LogP contribution in [0.25, 0.3) is 0 Å². The van der Waals surface area contributed by atoms with E-state index in [9.17, 15) is 0 Å². The second kappa shape index (κ2) is 3.86. The first-order valence-corrected chi connectivity index (χ1v) is 6.14. The zero-order valence-electron chi connectivity index (χ0n) is 9.31. The minimum Gasteiger partial charge on any atom is -0.296 e. The summed E-state index contributed by atoms with van der Waals surface area (Å²) in [5, 5.41) is 0.730. The van der Waals surface area contributed by atoms with Crippen molar-refractivity contribution < 1.29 is 0 Å². The maximum Gasteiger partial charge on any atom is 0.0592 e. The highest BCUT2D eigenvalue weighted by Crippen LogP contribution is 2.38. The summed E-state index contributed by atoms with van der Waals surface area (Å²) in [7, 11) is 2.22. The number of aromatic nitrogens is 1. The Hall–Kier alpha value is -0.860. The summed E-state index contributed by atoms with van der Waals surface area (Å²) in [4.78, 5) is 6.66. The fraction of sp³-hybridized carbons (Fsp3) is 0.462. The van der Waals surface area contributed by atoms with Gasteiger partial charge >= 0.3 is 0 Å². The van der Waals surface area contributed by atoms with Crippen molar-refractivity contribution >= 4 is 11.6 Å². The maximum absolute atomic E-state index is 6.00. The van der Waals surface area contributed by atoms with E-state index in [1.165, 1.54) is 18.4 Å². The largest absolute Gasteiger partial charge is 0.296 e. The molecule has 0 spiro atoms. The SMILES string of the molecule is CN1C2C=CC(c3cncc(Cl)c3)C1CC2. The molecule has 1 aromatic heterocycles. The van der Waals surface area contributed by atoms with Crippen molar-refractivity contribution in [3.05, 3.63) is 41.2 Å². The fourth-order valence-electron chi connectivity index (χ4n) is 2.98. The van der Waals surface area contributed by atoms with E-state index in [-0.39, 0.29) is 0 Å². The molecule has 0 radical (unpaired) electrons. The van der Waals surface area contributed by atoms with Gasteiger partial charge in [-0.15, -0.1) is 0 Å². The molecule has 3 rings (SSSR count). The molecule has 1 aromatic rings. The molecule has 16 heavy (non-hydrogen) atoms. The Morgan fingerprint density at radius 2 is 2.19 bits per heavy atom. The molecule has 2 bridgehead atoms. The summed E-state index contributed by atoms with van der Waals surface area (Å²) in [5.74, 6) is 0.454. The van der Waals surface area contributed by atoms with Gasteiger partial charge in [0, 0.05) is 30.4 Å². The molecule has 3 heteroatoms. The third-order valence-corrected chi connectivity index (χ3v) is 4.08. The van der Waals surface area contributed by atoms with E-state index >= 15 is 0 Å². The average Bonchev–Trinajstić information content (AvgIpc) is 2.52. The second-order valence-electron chi connectivity index (χ2n) is 4.72. The molecule has 0 amide bonds. The molecule has 2 nitrogen and oxygen atoms in total. The zero-order chi connectivity index (χ0) is 11.1. The van der Waals surface area contributed by atoms with Gasteiger partial charge in [0.2, 0.25) is 0 Å². The summed E-state index contributed by atoms with van der Waals surface area (Å²) in [5.41, 5.74) is 1.24. The first kappa shape index (κ1) is 10.3. The predicted octanol–water partition coefficient (Wildman–Crippen LogP) is 2.85. The highest BCUT2D eigenvalue weighted by molar-refractivity contribution is 6.30. The van der Waals surface area contributed by atoms with Crippen LogP contribution in [-0.4, -0.2) is 29.0 Å². The Balaban J connectivity index is 1.96. The molecule has 3 heterocycles. The molecule has 2 aliphatic rings. The van der Waals surface area contributed by atoms with Crippen molar-refractivity contribution in [3.63, 3.8) is 0 Å². The zero-order valence-corrected chi connectivity index (χ0v) is 10.1. The first-order valence-electron chi connectivity index (χ1n) is 5.76. The van der Waals surface area contributed by atoms with Gasteiger partial charge in [-0.2, -0.15) is 0 Å². The van der Waals surface area contributed by atoms with Gasteiger partial charge in [-0.25, -0.2) is 0 Å². The van der Waals surface area contributed by atoms with E-state index in [4.69, 9.17) is 11.6 Å². The van der Waals surface area contributed by atoms with Gasteiger partial charge in [0.05, 0.1) is 5.02 Å². The lowest BCUT2D eigenvalue weighted by Crippen LogP contribution is -2.37. The molecule has 3 unspecified atom stereocenters. The van der Waals surface area contributed by atoms with E-state index in [2.05, 4.69) is 29.1 Å². The molecular weight excluding hydrogens is 220 g/mol. The molecule has 1 saturated heterocycles. The topological polar surface area (TPSA) is 16.1 Å². The smallest absolute Gasteiger partial charge is 0.0592 e. The van der Waals surface area contributed by atoms with E-state index < -0.39 is 0 Å². The Kier molecular flexibility index (Phi) is 2.49. The van der Waals surface area contributed by atoms with E-state index in [1.807, 2.05) is 12.3 Å². The Morgan fingerprint density at radius 3 is 3.00 bits per heavy atom. The van der Waals surface area contributed by atoms with Crippen molar-refractivity contribution in [1.82, 2.24) is 9.88 Å². The quantitative estimate of drug-likeness (QED) is 0.695. The van der Waals surface area contributed by atoms with Crippen LogP contribution < -0.4 is 0 Å². The van der Waals surface area contributed by atoms with Crippen molar-refractivity contribution in [3.8, 4) is 0 Å². The highest BCUT2D eigenvalue weighted by Gasteiger charge is 2.37. The normalized spacial score (nSPS) is 33.2. The van der Waals surface area contributed by atoms with E-state index in [0.717, 1.165) is 5.02 Å². The Bertz CT molecular complexity index is 430. The molecule has 1 fully saturated rings. The fourth-order valence-corrected chi connectivity index (χ4v) is 3.16. The number of hydrogen-bond acceptors (Lipinski definition) is 2. The number of pyridine rings is 1.